The third kappa shape index (κ3) is 6.08. The molecule has 0 aliphatic heterocycles. The number of carbonyl (C=O) groups is 2. The van der Waals surface area contributed by atoms with Crippen LogP contribution in [0.4, 0.5) is 11.4 Å². The number of aryl methyl sites for hydroxylation is 1. The third-order valence-corrected chi connectivity index (χ3v) is 4.70. The molecule has 0 aromatic heterocycles. The molecule has 2 N–H and O–H groups in total. The van der Waals surface area contributed by atoms with E-state index >= 15 is 0 Å². The molecule has 2 aromatic rings. The predicted octanol–water partition coefficient (Wildman–Crippen LogP) is 3.73. The van der Waals surface area contributed by atoms with Gasteiger partial charge in [-0.15, -0.1) is 0 Å². The van der Waals surface area contributed by atoms with Crippen molar-refractivity contribution in [3.63, 3.8) is 0 Å². The van der Waals surface area contributed by atoms with E-state index in [0.717, 1.165) is 16.8 Å². The van der Waals surface area contributed by atoms with Gasteiger partial charge in [-0.2, -0.15) is 5.26 Å². The van der Waals surface area contributed by atoms with E-state index in [1.807, 2.05) is 38.1 Å². The molecule has 28 heavy (non-hydrogen) atoms. The van der Waals surface area contributed by atoms with Crippen molar-refractivity contribution in [3.05, 3.63) is 58.1 Å². The van der Waals surface area contributed by atoms with Crippen LogP contribution in [0.5, 0.6) is 0 Å². The molecule has 0 heterocycles. The van der Waals surface area contributed by atoms with Crippen LogP contribution in [0.2, 0.25) is 5.02 Å². The van der Waals surface area contributed by atoms with Gasteiger partial charge in [-0.05, 0) is 56.3 Å². The summed E-state index contributed by atoms with van der Waals surface area (Å²) in [6.07, 6.45) is 0.227. The number of hydrogen-bond acceptors (Lipinski definition) is 4. The minimum atomic E-state index is -0.192. The van der Waals surface area contributed by atoms with Crippen LogP contribution in [0.1, 0.15) is 23.1 Å². The monoisotopic (exact) mass is 398 g/mol. The Morgan fingerprint density at radius 2 is 1.89 bits per heavy atom. The molecule has 0 fully saturated rings. The van der Waals surface area contributed by atoms with E-state index in [4.69, 9.17) is 16.9 Å². The largest absolute Gasteiger partial charge is 0.326 e. The zero-order chi connectivity index (χ0) is 20.7. The molecule has 0 aliphatic carbocycles. The lowest BCUT2D eigenvalue weighted by Gasteiger charge is -2.17. The summed E-state index contributed by atoms with van der Waals surface area (Å²) in [5, 5.41) is 14.8. The van der Waals surface area contributed by atoms with Gasteiger partial charge in [0.05, 0.1) is 17.1 Å². The first-order valence-corrected chi connectivity index (χ1v) is 9.22. The fourth-order valence-electron chi connectivity index (χ4n) is 2.60. The van der Waals surface area contributed by atoms with Crippen LogP contribution in [0.3, 0.4) is 0 Å². The lowest BCUT2D eigenvalue weighted by molar-refractivity contribution is -0.119. The quantitative estimate of drug-likeness (QED) is 0.744. The maximum Gasteiger partial charge on any atom is 0.238 e. The van der Waals surface area contributed by atoms with Gasteiger partial charge in [-0.25, -0.2) is 0 Å². The van der Waals surface area contributed by atoms with E-state index in [0.29, 0.717) is 22.8 Å². The smallest absolute Gasteiger partial charge is 0.238 e. The second-order valence-electron chi connectivity index (χ2n) is 6.64. The standard InChI is InChI=1S/C21H23ClN4O2/c1-14-5-4-6-19(15(14)2)25-21(28)13-26(3)10-9-20(27)24-17-8-7-16(12-23)18(22)11-17/h4-8,11H,9-10,13H2,1-3H3,(H,24,27)(H,25,28). The number of hydrogen-bond donors (Lipinski definition) is 2. The summed E-state index contributed by atoms with van der Waals surface area (Å²) < 4.78 is 0. The molecule has 146 valence electrons. The Morgan fingerprint density at radius 3 is 2.57 bits per heavy atom. The normalized spacial score (nSPS) is 10.4. The molecule has 0 saturated carbocycles. The van der Waals surface area contributed by atoms with Crippen LogP contribution in [-0.2, 0) is 9.59 Å². The topological polar surface area (TPSA) is 85.2 Å². The number of likely N-dealkylation sites (N-methyl/N-ethyl adjacent to an activating group) is 1. The molecule has 6 nitrogen and oxygen atoms in total. The Bertz CT molecular complexity index is 921. The molecule has 0 atom stereocenters. The Hall–Kier alpha value is -2.88. The maximum atomic E-state index is 12.2. The molecule has 0 bridgehead atoms. The first-order valence-electron chi connectivity index (χ1n) is 8.84. The van der Waals surface area contributed by atoms with Gasteiger partial charge >= 0.3 is 0 Å². The number of nitrogens with zero attached hydrogens (tertiary/aromatic N) is 2. The minimum absolute atomic E-state index is 0.129. The Balaban J connectivity index is 1.80. The number of rotatable bonds is 7. The second kappa shape index (κ2) is 9.88. The first kappa shape index (κ1) is 21.4. The van der Waals surface area contributed by atoms with Crippen molar-refractivity contribution >= 4 is 34.8 Å². The fourth-order valence-corrected chi connectivity index (χ4v) is 2.82. The van der Waals surface area contributed by atoms with E-state index in [9.17, 15) is 9.59 Å². The van der Waals surface area contributed by atoms with Crippen molar-refractivity contribution in [2.24, 2.45) is 0 Å². The van der Waals surface area contributed by atoms with Gasteiger partial charge < -0.3 is 10.6 Å². The molecular formula is C21H23ClN4O2. The SMILES string of the molecule is Cc1cccc(NC(=O)CN(C)CCC(=O)Nc2ccc(C#N)c(Cl)c2)c1C. The van der Waals surface area contributed by atoms with Gasteiger partial charge in [-0.1, -0.05) is 23.7 Å². The summed E-state index contributed by atoms with van der Waals surface area (Å²) in [5.74, 6) is -0.321. The zero-order valence-corrected chi connectivity index (χ0v) is 16.9. The summed E-state index contributed by atoms with van der Waals surface area (Å²) in [6.45, 7) is 4.57. The number of benzene rings is 2. The molecule has 2 amide bonds. The van der Waals surface area contributed by atoms with E-state index < -0.39 is 0 Å². The molecule has 0 saturated heterocycles. The van der Waals surface area contributed by atoms with Crippen LogP contribution in [0, 0.1) is 25.2 Å². The average molecular weight is 399 g/mol. The summed E-state index contributed by atoms with van der Waals surface area (Å²) in [4.78, 5) is 26.1. The maximum absolute atomic E-state index is 12.2. The van der Waals surface area contributed by atoms with Gasteiger partial charge in [0.2, 0.25) is 11.8 Å². The first-order chi connectivity index (χ1) is 13.3. The summed E-state index contributed by atoms with van der Waals surface area (Å²) in [5.41, 5.74) is 3.84. The highest BCUT2D eigenvalue weighted by Gasteiger charge is 2.11. The Morgan fingerprint density at radius 1 is 1.14 bits per heavy atom. The number of nitrogens with one attached hydrogen (secondary N) is 2. The van der Waals surface area contributed by atoms with Crippen molar-refractivity contribution in [2.75, 3.05) is 30.8 Å². The highest BCUT2D eigenvalue weighted by Crippen LogP contribution is 2.20. The van der Waals surface area contributed by atoms with Gasteiger partial charge in [0.1, 0.15) is 6.07 Å². The number of amides is 2. The molecule has 2 aromatic carbocycles. The van der Waals surface area contributed by atoms with Crippen molar-refractivity contribution in [2.45, 2.75) is 20.3 Å². The Kier molecular flexibility index (Phi) is 7.56. The van der Waals surface area contributed by atoms with Crippen LogP contribution in [-0.4, -0.2) is 36.9 Å². The van der Waals surface area contributed by atoms with E-state index in [1.165, 1.54) is 0 Å². The summed E-state index contributed by atoms with van der Waals surface area (Å²) in [7, 11) is 1.79. The lowest BCUT2D eigenvalue weighted by atomic mass is 10.1. The number of nitriles is 1. The highest BCUT2D eigenvalue weighted by molar-refractivity contribution is 6.32. The van der Waals surface area contributed by atoms with E-state index in [2.05, 4.69) is 10.6 Å². The van der Waals surface area contributed by atoms with Crippen molar-refractivity contribution in [1.29, 1.82) is 5.26 Å². The highest BCUT2D eigenvalue weighted by atomic mass is 35.5. The zero-order valence-electron chi connectivity index (χ0n) is 16.2. The van der Waals surface area contributed by atoms with E-state index in [1.54, 1.807) is 30.1 Å². The molecule has 7 heteroatoms. The van der Waals surface area contributed by atoms with Gasteiger partial charge in [-0.3, -0.25) is 14.5 Å². The predicted molar refractivity (Wildman–Crippen MR) is 111 cm³/mol. The second-order valence-corrected chi connectivity index (χ2v) is 7.05. The molecule has 0 spiro atoms. The third-order valence-electron chi connectivity index (χ3n) is 4.39. The molecule has 0 radical (unpaired) electrons. The Labute approximate surface area is 170 Å². The average Bonchev–Trinajstić information content (AvgIpc) is 2.64. The van der Waals surface area contributed by atoms with Gasteiger partial charge in [0, 0.05) is 24.3 Å². The van der Waals surface area contributed by atoms with Crippen molar-refractivity contribution < 1.29 is 9.59 Å². The number of carbonyl (C=O) groups excluding carboxylic acids is 2. The molecular weight excluding hydrogens is 376 g/mol. The van der Waals surface area contributed by atoms with Gasteiger partial charge in [0.25, 0.3) is 0 Å². The van der Waals surface area contributed by atoms with Crippen molar-refractivity contribution in [3.8, 4) is 6.07 Å². The molecule has 2 rings (SSSR count). The van der Waals surface area contributed by atoms with Crippen molar-refractivity contribution in [1.82, 2.24) is 4.90 Å². The van der Waals surface area contributed by atoms with Crippen LogP contribution >= 0.6 is 11.6 Å². The fraction of sp³-hybridized carbons (Fsp3) is 0.286. The summed E-state index contributed by atoms with van der Waals surface area (Å²) in [6, 6.07) is 12.5. The molecule has 0 unspecified atom stereocenters. The van der Waals surface area contributed by atoms with Crippen LogP contribution in [0.25, 0.3) is 0 Å². The van der Waals surface area contributed by atoms with E-state index in [-0.39, 0.29) is 24.8 Å². The summed E-state index contributed by atoms with van der Waals surface area (Å²) >= 11 is 5.96. The van der Waals surface area contributed by atoms with Crippen LogP contribution < -0.4 is 10.6 Å². The number of anilines is 2. The van der Waals surface area contributed by atoms with Crippen LogP contribution in [0.15, 0.2) is 36.4 Å². The lowest BCUT2D eigenvalue weighted by Crippen LogP contribution is -2.32. The molecule has 0 aliphatic rings. The number of halogens is 1. The minimum Gasteiger partial charge on any atom is -0.326 e. The van der Waals surface area contributed by atoms with Gasteiger partial charge in [0.15, 0.2) is 0 Å².